The molecule has 1 aliphatic heterocycles. The summed E-state index contributed by atoms with van der Waals surface area (Å²) in [5, 5.41) is 0. The smallest absolute Gasteiger partial charge is 0.231 e. The van der Waals surface area contributed by atoms with Gasteiger partial charge in [-0.2, -0.15) is 0 Å². The molecule has 0 radical (unpaired) electrons. The number of methoxy groups -OCH3 is 2. The van der Waals surface area contributed by atoms with Crippen molar-refractivity contribution in [1.29, 1.82) is 0 Å². The maximum atomic E-state index is 12.8. The Balaban J connectivity index is 1.54. The van der Waals surface area contributed by atoms with Crippen molar-refractivity contribution in [2.75, 3.05) is 14.2 Å². The molecule has 0 unspecified atom stereocenters. The van der Waals surface area contributed by atoms with E-state index >= 15 is 0 Å². The Labute approximate surface area is 175 Å². The van der Waals surface area contributed by atoms with Crippen LogP contribution in [0.2, 0.25) is 0 Å². The monoisotopic (exact) mass is 402 g/mol. The summed E-state index contributed by atoms with van der Waals surface area (Å²) in [5.74, 6) is 2.46. The number of Topliss-reactive ketones (excluding diaryl/α,β-unsaturated/α-hetero) is 1. The Hall–Kier alpha value is -3.73. The van der Waals surface area contributed by atoms with Gasteiger partial charge in [-0.05, 0) is 48.9 Å². The number of hydrogen-bond donors (Lipinski definition) is 0. The molecular formula is C25H22O5. The van der Waals surface area contributed by atoms with E-state index in [1.165, 1.54) is 5.56 Å². The van der Waals surface area contributed by atoms with Gasteiger partial charge in [0, 0.05) is 11.6 Å². The number of benzene rings is 3. The van der Waals surface area contributed by atoms with Crippen molar-refractivity contribution in [3.63, 3.8) is 0 Å². The normalized spacial score (nSPS) is 13.7. The average Bonchev–Trinajstić information content (AvgIpc) is 3.08. The predicted octanol–water partition coefficient (Wildman–Crippen LogP) is 5.21. The zero-order valence-electron chi connectivity index (χ0n) is 17.1. The van der Waals surface area contributed by atoms with Crippen LogP contribution < -0.4 is 18.9 Å². The van der Waals surface area contributed by atoms with Crippen LogP contribution in [-0.4, -0.2) is 20.0 Å². The molecule has 1 heterocycles. The third-order valence-electron chi connectivity index (χ3n) is 4.89. The summed E-state index contributed by atoms with van der Waals surface area (Å²) in [6.45, 7) is 2.49. The third kappa shape index (κ3) is 4.01. The van der Waals surface area contributed by atoms with E-state index in [1.807, 2.05) is 31.2 Å². The Bertz CT molecular complexity index is 1110. The highest BCUT2D eigenvalue weighted by Crippen LogP contribution is 2.36. The number of ketones is 1. The summed E-state index contributed by atoms with van der Waals surface area (Å²) in [5.41, 5.74) is 3.48. The van der Waals surface area contributed by atoms with Crippen LogP contribution in [0.15, 0.2) is 66.4 Å². The second-order valence-electron chi connectivity index (χ2n) is 6.98. The van der Waals surface area contributed by atoms with Gasteiger partial charge >= 0.3 is 0 Å². The highest BCUT2D eigenvalue weighted by atomic mass is 16.5. The minimum absolute atomic E-state index is 0.181. The van der Waals surface area contributed by atoms with Crippen LogP contribution in [0.1, 0.15) is 27.0 Å². The van der Waals surface area contributed by atoms with Gasteiger partial charge in [-0.25, -0.2) is 0 Å². The van der Waals surface area contributed by atoms with Crippen molar-refractivity contribution >= 4 is 11.9 Å². The Morgan fingerprint density at radius 1 is 0.900 bits per heavy atom. The number of allylic oxidation sites excluding steroid dienone is 1. The van der Waals surface area contributed by atoms with Crippen molar-refractivity contribution in [2.24, 2.45) is 0 Å². The first-order valence-electron chi connectivity index (χ1n) is 9.56. The number of aryl methyl sites for hydroxylation is 1. The summed E-state index contributed by atoms with van der Waals surface area (Å²) in [7, 11) is 3.16. The van der Waals surface area contributed by atoms with Crippen LogP contribution in [0.4, 0.5) is 0 Å². The fraction of sp³-hybridized carbons (Fsp3) is 0.160. The molecule has 3 aromatic carbocycles. The van der Waals surface area contributed by atoms with Gasteiger partial charge in [-0.3, -0.25) is 4.79 Å². The maximum absolute atomic E-state index is 12.8. The van der Waals surface area contributed by atoms with Crippen molar-refractivity contribution in [1.82, 2.24) is 0 Å². The first-order valence-corrected chi connectivity index (χ1v) is 9.56. The molecule has 30 heavy (non-hydrogen) atoms. The first kappa shape index (κ1) is 19.6. The highest BCUT2D eigenvalue weighted by Gasteiger charge is 2.28. The molecule has 1 aliphatic rings. The second kappa shape index (κ2) is 8.33. The van der Waals surface area contributed by atoms with Crippen LogP contribution in [0, 0.1) is 6.92 Å². The lowest BCUT2D eigenvalue weighted by Crippen LogP contribution is -1.99. The van der Waals surface area contributed by atoms with Gasteiger partial charge in [-0.15, -0.1) is 0 Å². The lowest BCUT2D eigenvalue weighted by molar-refractivity contribution is 0.101. The van der Waals surface area contributed by atoms with E-state index < -0.39 is 0 Å². The minimum atomic E-state index is -0.181. The number of carbonyl (C=O) groups is 1. The lowest BCUT2D eigenvalue weighted by Gasteiger charge is -2.08. The molecule has 0 aliphatic carbocycles. The Kier molecular flexibility index (Phi) is 5.44. The minimum Gasteiger partial charge on any atom is -0.497 e. The van der Waals surface area contributed by atoms with Crippen LogP contribution in [0.25, 0.3) is 6.08 Å². The average molecular weight is 402 g/mol. The van der Waals surface area contributed by atoms with Crippen LogP contribution in [-0.2, 0) is 6.61 Å². The fourth-order valence-electron chi connectivity index (χ4n) is 3.20. The molecule has 0 N–H and O–H groups in total. The Morgan fingerprint density at radius 3 is 2.40 bits per heavy atom. The highest BCUT2D eigenvalue weighted by molar-refractivity contribution is 6.14. The Morgan fingerprint density at radius 2 is 1.67 bits per heavy atom. The third-order valence-corrected chi connectivity index (χ3v) is 4.89. The van der Waals surface area contributed by atoms with Crippen molar-refractivity contribution in [3.8, 4) is 23.0 Å². The largest absolute Gasteiger partial charge is 0.497 e. The van der Waals surface area contributed by atoms with Crippen molar-refractivity contribution in [3.05, 3.63) is 88.7 Å². The zero-order chi connectivity index (χ0) is 21.1. The van der Waals surface area contributed by atoms with Gasteiger partial charge < -0.3 is 18.9 Å². The molecule has 0 saturated carbocycles. The standard InChI is InChI=1S/C25H22O5/c1-16-4-6-17(7-5-16)15-29-20-8-10-21-23(14-20)30-24(25(21)26)13-18-12-19(27-2)9-11-22(18)28-3/h4-14H,15H2,1-3H3/b24-13-. The number of fused-ring (bicyclic) bond motifs is 1. The molecule has 0 fully saturated rings. The van der Waals surface area contributed by atoms with Gasteiger partial charge in [0.1, 0.15) is 29.6 Å². The number of ether oxygens (including phenoxy) is 4. The summed E-state index contributed by atoms with van der Waals surface area (Å²) in [4.78, 5) is 12.8. The van der Waals surface area contributed by atoms with Gasteiger partial charge in [-0.1, -0.05) is 29.8 Å². The second-order valence-corrected chi connectivity index (χ2v) is 6.98. The van der Waals surface area contributed by atoms with E-state index in [1.54, 1.807) is 56.7 Å². The molecule has 0 amide bonds. The molecule has 4 rings (SSSR count). The molecule has 0 aromatic heterocycles. The number of rotatable bonds is 6. The quantitative estimate of drug-likeness (QED) is 0.530. The van der Waals surface area contributed by atoms with E-state index in [-0.39, 0.29) is 11.5 Å². The molecule has 5 heteroatoms. The first-order chi connectivity index (χ1) is 14.6. The topological polar surface area (TPSA) is 54.0 Å². The van der Waals surface area contributed by atoms with Gasteiger partial charge in [0.15, 0.2) is 5.76 Å². The van der Waals surface area contributed by atoms with E-state index in [2.05, 4.69) is 0 Å². The maximum Gasteiger partial charge on any atom is 0.231 e. The lowest BCUT2D eigenvalue weighted by atomic mass is 10.1. The molecule has 5 nitrogen and oxygen atoms in total. The molecule has 152 valence electrons. The summed E-state index contributed by atoms with van der Waals surface area (Å²) in [6.07, 6.45) is 1.66. The van der Waals surface area contributed by atoms with Gasteiger partial charge in [0.2, 0.25) is 5.78 Å². The molecule has 0 spiro atoms. The molecule has 0 atom stereocenters. The van der Waals surface area contributed by atoms with Gasteiger partial charge in [0.25, 0.3) is 0 Å². The van der Waals surface area contributed by atoms with Gasteiger partial charge in [0.05, 0.1) is 19.8 Å². The zero-order valence-corrected chi connectivity index (χ0v) is 17.1. The molecule has 3 aromatic rings. The SMILES string of the molecule is COc1ccc(OC)c(/C=C2\Oc3cc(OCc4ccc(C)cc4)ccc3C2=O)c1. The number of hydrogen-bond acceptors (Lipinski definition) is 5. The van der Waals surface area contributed by atoms with E-state index in [4.69, 9.17) is 18.9 Å². The molecular weight excluding hydrogens is 380 g/mol. The van der Waals surface area contributed by atoms with Crippen LogP contribution in [0.3, 0.4) is 0 Å². The molecule has 0 bridgehead atoms. The molecule has 0 saturated heterocycles. The summed E-state index contributed by atoms with van der Waals surface area (Å²) >= 11 is 0. The van der Waals surface area contributed by atoms with Crippen LogP contribution >= 0.6 is 0 Å². The van der Waals surface area contributed by atoms with Crippen molar-refractivity contribution in [2.45, 2.75) is 13.5 Å². The number of carbonyl (C=O) groups excluding carboxylic acids is 1. The van der Waals surface area contributed by atoms with Crippen molar-refractivity contribution < 1.29 is 23.7 Å². The predicted molar refractivity (Wildman–Crippen MR) is 114 cm³/mol. The fourth-order valence-corrected chi connectivity index (χ4v) is 3.20. The van der Waals surface area contributed by atoms with E-state index in [0.29, 0.717) is 40.7 Å². The summed E-state index contributed by atoms with van der Waals surface area (Å²) in [6, 6.07) is 18.8. The van der Waals surface area contributed by atoms with Crippen LogP contribution in [0.5, 0.6) is 23.0 Å². The summed E-state index contributed by atoms with van der Waals surface area (Å²) < 4.78 is 22.4. The van der Waals surface area contributed by atoms with E-state index in [0.717, 1.165) is 5.56 Å². The van der Waals surface area contributed by atoms with E-state index in [9.17, 15) is 4.79 Å².